The third kappa shape index (κ3) is 2.20. The summed E-state index contributed by atoms with van der Waals surface area (Å²) >= 11 is 0. The fraction of sp³-hybridized carbons (Fsp3) is 0.429. The van der Waals surface area contributed by atoms with Gasteiger partial charge in [0.25, 0.3) is 0 Å². The number of hydrogen-bond acceptors (Lipinski definition) is 2. The first kappa shape index (κ1) is 8.06. The zero-order valence-electron chi connectivity index (χ0n) is 5.64. The van der Waals surface area contributed by atoms with Crippen LogP contribution in [0.15, 0.2) is 11.3 Å². The summed E-state index contributed by atoms with van der Waals surface area (Å²) in [4.78, 5) is 0. The van der Waals surface area contributed by atoms with Crippen molar-refractivity contribution in [1.29, 1.82) is 0 Å². The van der Waals surface area contributed by atoms with Crippen molar-refractivity contribution < 1.29 is 9.84 Å². The van der Waals surface area contributed by atoms with Crippen LogP contribution in [0.3, 0.4) is 0 Å². The van der Waals surface area contributed by atoms with Gasteiger partial charge < -0.3 is 9.84 Å². The zero-order chi connectivity index (χ0) is 7.28. The largest absolute Gasteiger partial charge is 0.498 e. The van der Waals surface area contributed by atoms with Gasteiger partial charge in [0.05, 0.1) is 7.11 Å². The summed E-state index contributed by atoms with van der Waals surface area (Å²) in [5, 5.41) is 8.55. The molecule has 1 N–H and O–H groups in total. The number of hydrogen-bond donors (Lipinski definition) is 1. The van der Waals surface area contributed by atoms with Crippen molar-refractivity contribution in [3.8, 4) is 12.3 Å². The van der Waals surface area contributed by atoms with E-state index < -0.39 is 0 Å². The van der Waals surface area contributed by atoms with Crippen molar-refractivity contribution in [2.45, 2.75) is 6.92 Å². The predicted octanol–water partition coefficient (Wildman–Crippen LogP) is 0.532. The molecule has 0 aliphatic heterocycles. The van der Waals surface area contributed by atoms with Crippen LogP contribution in [0.5, 0.6) is 0 Å². The van der Waals surface area contributed by atoms with Crippen LogP contribution >= 0.6 is 0 Å². The number of terminal acetylenes is 1. The van der Waals surface area contributed by atoms with Gasteiger partial charge in [-0.25, -0.2) is 0 Å². The lowest BCUT2D eigenvalue weighted by Gasteiger charge is -2.01. The molecule has 0 aliphatic carbocycles. The first-order valence-electron chi connectivity index (χ1n) is 2.57. The molecule has 0 rings (SSSR count). The molecule has 0 aromatic carbocycles. The van der Waals surface area contributed by atoms with Gasteiger partial charge in [-0.15, -0.1) is 6.42 Å². The summed E-state index contributed by atoms with van der Waals surface area (Å²) in [7, 11) is 1.48. The van der Waals surface area contributed by atoms with E-state index in [4.69, 9.17) is 16.3 Å². The van der Waals surface area contributed by atoms with E-state index in [-0.39, 0.29) is 6.61 Å². The SMILES string of the molecule is C#C/C(C)=C(/CO)OC. The standard InChI is InChI=1S/C7H10O2/c1-4-6(2)7(5-8)9-3/h1,8H,5H2,2-3H3/b7-6-. The van der Waals surface area contributed by atoms with Crippen molar-refractivity contribution in [1.82, 2.24) is 0 Å². The number of aliphatic hydroxyl groups excluding tert-OH is 1. The van der Waals surface area contributed by atoms with Gasteiger partial charge in [0.1, 0.15) is 12.4 Å². The number of methoxy groups -OCH3 is 1. The van der Waals surface area contributed by atoms with E-state index in [0.29, 0.717) is 11.3 Å². The van der Waals surface area contributed by atoms with Crippen LogP contribution in [0, 0.1) is 12.3 Å². The molecule has 0 bridgehead atoms. The van der Waals surface area contributed by atoms with E-state index in [2.05, 4.69) is 5.92 Å². The molecule has 0 fully saturated rings. The molecule has 0 heterocycles. The third-order valence-corrected chi connectivity index (χ3v) is 1.02. The highest BCUT2D eigenvalue weighted by Gasteiger charge is 1.95. The van der Waals surface area contributed by atoms with Crippen LogP contribution in [-0.4, -0.2) is 18.8 Å². The molecular weight excluding hydrogens is 116 g/mol. The molecule has 0 amide bonds. The first-order chi connectivity index (χ1) is 4.26. The topological polar surface area (TPSA) is 29.5 Å². The van der Waals surface area contributed by atoms with Crippen LogP contribution in [0.2, 0.25) is 0 Å². The molecule has 0 saturated heterocycles. The van der Waals surface area contributed by atoms with Gasteiger partial charge in [-0.05, 0) is 6.92 Å². The quantitative estimate of drug-likeness (QED) is 0.432. The number of aliphatic hydroxyl groups is 1. The second-order valence-corrected chi connectivity index (χ2v) is 1.55. The minimum Gasteiger partial charge on any atom is -0.498 e. The Hall–Kier alpha value is -0.940. The van der Waals surface area contributed by atoms with Crippen LogP contribution < -0.4 is 0 Å². The van der Waals surface area contributed by atoms with Crippen LogP contribution in [0.1, 0.15) is 6.92 Å². The van der Waals surface area contributed by atoms with Crippen molar-refractivity contribution in [2.75, 3.05) is 13.7 Å². The van der Waals surface area contributed by atoms with E-state index in [1.807, 2.05) is 0 Å². The Kier molecular flexibility index (Phi) is 3.57. The summed E-state index contributed by atoms with van der Waals surface area (Å²) in [5.41, 5.74) is 0.639. The number of allylic oxidation sites excluding steroid dienone is 1. The van der Waals surface area contributed by atoms with Gasteiger partial charge in [0.2, 0.25) is 0 Å². The van der Waals surface area contributed by atoms with Crippen molar-refractivity contribution in [3.05, 3.63) is 11.3 Å². The monoisotopic (exact) mass is 126 g/mol. The van der Waals surface area contributed by atoms with E-state index in [0.717, 1.165) is 0 Å². The van der Waals surface area contributed by atoms with Gasteiger partial charge in [-0.3, -0.25) is 0 Å². The molecule has 9 heavy (non-hydrogen) atoms. The lowest BCUT2D eigenvalue weighted by Crippen LogP contribution is -1.95. The van der Waals surface area contributed by atoms with Gasteiger partial charge in [-0.2, -0.15) is 0 Å². The van der Waals surface area contributed by atoms with E-state index in [1.165, 1.54) is 7.11 Å². The Balaban J connectivity index is 4.23. The Labute approximate surface area is 55.1 Å². The summed E-state index contributed by atoms with van der Waals surface area (Å²) < 4.78 is 4.74. The van der Waals surface area contributed by atoms with Gasteiger partial charge >= 0.3 is 0 Å². The number of ether oxygens (including phenoxy) is 1. The van der Waals surface area contributed by atoms with Crippen LogP contribution in [0.4, 0.5) is 0 Å². The molecule has 50 valence electrons. The minimum atomic E-state index is -0.132. The molecule has 0 saturated carbocycles. The minimum absolute atomic E-state index is 0.132. The van der Waals surface area contributed by atoms with Crippen molar-refractivity contribution >= 4 is 0 Å². The molecule has 0 atom stereocenters. The maximum atomic E-state index is 8.55. The molecular formula is C7H10O2. The highest BCUT2D eigenvalue weighted by atomic mass is 16.5. The molecule has 0 unspecified atom stereocenters. The number of rotatable bonds is 2. The van der Waals surface area contributed by atoms with Gasteiger partial charge in [0.15, 0.2) is 0 Å². The summed E-state index contributed by atoms with van der Waals surface area (Å²) in [6, 6.07) is 0. The molecule has 2 nitrogen and oxygen atoms in total. The van der Waals surface area contributed by atoms with Crippen molar-refractivity contribution in [2.24, 2.45) is 0 Å². The predicted molar refractivity (Wildman–Crippen MR) is 35.6 cm³/mol. The first-order valence-corrected chi connectivity index (χ1v) is 2.57. The fourth-order valence-electron chi connectivity index (χ4n) is 0.417. The van der Waals surface area contributed by atoms with Crippen LogP contribution in [-0.2, 0) is 4.74 Å². The second kappa shape index (κ2) is 3.99. The molecule has 0 spiro atoms. The summed E-state index contributed by atoms with van der Waals surface area (Å²) in [5.74, 6) is 2.82. The molecule has 0 aromatic rings. The smallest absolute Gasteiger partial charge is 0.132 e. The Morgan fingerprint density at radius 3 is 2.44 bits per heavy atom. The molecule has 2 heteroatoms. The maximum absolute atomic E-state index is 8.55. The highest BCUT2D eigenvalue weighted by Crippen LogP contribution is 2.00. The Morgan fingerprint density at radius 2 is 2.33 bits per heavy atom. The Bertz CT molecular complexity index is 145. The summed E-state index contributed by atoms with van der Waals surface area (Å²) in [6.45, 7) is 1.58. The van der Waals surface area contributed by atoms with Crippen LogP contribution in [0.25, 0.3) is 0 Å². The molecule has 0 aliphatic rings. The zero-order valence-corrected chi connectivity index (χ0v) is 5.64. The highest BCUT2D eigenvalue weighted by molar-refractivity contribution is 5.26. The fourth-order valence-corrected chi connectivity index (χ4v) is 0.417. The summed E-state index contributed by atoms with van der Waals surface area (Å²) in [6.07, 6.45) is 5.03. The van der Waals surface area contributed by atoms with E-state index in [1.54, 1.807) is 6.92 Å². The normalized spacial score (nSPS) is 11.8. The lowest BCUT2D eigenvalue weighted by molar-refractivity contribution is 0.205. The second-order valence-electron chi connectivity index (χ2n) is 1.55. The average molecular weight is 126 g/mol. The van der Waals surface area contributed by atoms with Gasteiger partial charge in [-0.1, -0.05) is 5.92 Å². The van der Waals surface area contributed by atoms with Gasteiger partial charge in [0, 0.05) is 5.57 Å². The lowest BCUT2D eigenvalue weighted by atomic mass is 10.3. The maximum Gasteiger partial charge on any atom is 0.132 e. The molecule has 0 aromatic heterocycles. The third-order valence-electron chi connectivity index (χ3n) is 1.02. The molecule has 0 radical (unpaired) electrons. The Morgan fingerprint density at radius 1 is 1.78 bits per heavy atom. The van der Waals surface area contributed by atoms with E-state index in [9.17, 15) is 0 Å². The average Bonchev–Trinajstić information content (AvgIpc) is 1.90. The van der Waals surface area contributed by atoms with Crippen molar-refractivity contribution in [3.63, 3.8) is 0 Å². The van der Waals surface area contributed by atoms with E-state index >= 15 is 0 Å².